The zero-order chi connectivity index (χ0) is 11.3. The third-order valence-corrected chi connectivity index (χ3v) is 1.71. The molecule has 0 radical (unpaired) electrons. The van der Waals surface area contributed by atoms with Crippen LogP contribution in [0.25, 0.3) is 0 Å². The molecule has 0 aliphatic heterocycles. The van der Waals surface area contributed by atoms with Crippen molar-refractivity contribution in [2.45, 2.75) is 13.8 Å². The van der Waals surface area contributed by atoms with Gasteiger partial charge in [0.1, 0.15) is 5.75 Å². The summed E-state index contributed by atoms with van der Waals surface area (Å²) in [6, 6.07) is 6.40. The number of oxime groups is 1. The number of nitrogens with zero attached hydrogens (tertiary/aromatic N) is 1. The Kier molecular flexibility index (Phi) is 3.85. The molecule has 80 valence electrons. The number of rotatable bonds is 3. The fourth-order valence-electron chi connectivity index (χ4n) is 0.805. The molecule has 1 aromatic carbocycles. The number of hydrogen-bond acceptors (Lipinski definition) is 4. The Labute approximate surface area is 88.2 Å². The maximum atomic E-state index is 11.0. The van der Waals surface area contributed by atoms with Crippen molar-refractivity contribution in [3.05, 3.63) is 29.8 Å². The van der Waals surface area contributed by atoms with Crippen LogP contribution in [0.15, 0.2) is 29.4 Å². The topological polar surface area (TPSA) is 58.9 Å². The molecule has 0 aromatic heterocycles. The van der Waals surface area contributed by atoms with E-state index in [0.717, 1.165) is 5.56 Å². The predicted octanol–water partition coefficient (Wildman–Crippen LogP) is 1.93. The van der Waals surface area contributed by atoms with Crippen LogP contribution in [0, 0.1) is 5.92 Å². The second-order valence-electron chi connectivity index (χ2n) is 3.39. The normalized spacial score (nSPS) is 10.9. The zero-order valence-corrected chi connectivity index (χ0v) is 8.68. The molecule has 15 heavy (non-hydrogen) atoms. The van der Waals surface area contributed by atoms with Crippen LogP contribution in [-0.2, 0) is 9.63 Å². The lowest BCUT2D eigenvalue weighted by atomic mass is 10.2. The summed E-state index contributed by atoms with van der Waals surface area (Å²) < 4.78 is 0. The highest BCUT2D eigenvalue weighted by atomic mass is 16.7. The Bertz CT molecular complexity index is 355. The number of carbonyl (C=O) groups is 1. The average Bonchev–Trinajstić information content (AvgIpc) is 2.20. The highest BCUT2D eigenvalue weighted by molar-refractivity contribution is 5.80. The molecule has 1 rings (SSSR count). The Balaban J connectivity index is 2.51. The van der Waals surface area contributed by atoms with E-state index in [1.165, 1.54) is 18.3 Å². The van der Waals surface area contributed by atoms with Gasteiger partial charge in [-0.3, -0.25) is 0 Å². The van der Waals surface area contributed by atoms with E-state index in [2.05, 4.69) is 9.99 Å². The van der Waals surface area contributed by atoms with Crippen LogP contribution in [0.4, 0.5) is 0 Å². The molecule has 4 heteroatoms. The zero-order valence-electron chi connectivity index (χ0n) is 8.68. The summed E-state index contributed by atoms with van der Waals surface area (Å²) in [6.07, 6.45) is 1.42. The van der Waals surface area contributed by atoms with Gasteiger partial charge in [-0.2, -0.15) is 0 Å². The highest BCUT2D eigenvalue weighted by Gasteiger charge is 2.06. The molecule has 0 aliphatic carbocycles. The summed E-state index contributed by atoms with van der Waals surface area (Å²) in [5.41, 5.74) is 0.754. The van der Waals surface area contributed by atoms with Gasteiger partial charge >= 0.3 is 5.97 Å². The van der Waals surface area contributed by atoms with E-state index < -0.39 is 0 Å². The van der Waals surface area contributed by atoms with Crippen molar-refractivity contribution in [3.8, 4) is 5.75 Å². The fraction of sp³-hybridized carbons (Fsp3) is 0.273. The second kappa shape index (κ2) is 5.14. The summed E-state index contributed by atoms with van der Waals surface area (Å²) in [5, 5.41) is 12.5. The first-order chi connectivity index (χ1) is 7.09. The van der Waals surface area contributed by atoms with Crippen molar-refractivity contribution in [2.75, 3.05) is 0 Å². The predicted molar refractivity (Wildman–Crippen MR) is 56.6 cm³/mol. The minimum atomic E-state index is -0.370. The molecular formula is C11H13NO3. The third-order valence-electron chi connectivity index (χ3n) is 1.71. The molecule has 0 saturated heterocycles. The molecule has 4 nitrogen and oxygen atoms in total. The van der Waals surface area contributed by atoms with Crippen molar-refractivity contribution in [2.24, 2.45) is 11.1 Å². The molecule has 0 fully saturated rings. The van der Waals surface area contributed by atoms with E-state index in [0.29, 0.717) is 0 Å². The average molecular weight is 207 g/mol. The first kappa shape index (κ1) is 11.2. The van der Waals surface area contributed by atoms with E-state index in [1.54, 1.807) is 26.0 Å². The Morgan fingerprint density at radius 2 is 2.00 bits per heavy atom. The summed E-state index contributed by atoms with van der Waals surface area (Å²) in [7, 11) is 0. The number of phenolic OH excluding ortho intramolecular Hbond substituents is 1. The van der Waals surface area contributed by atoms with Crippen molar-refractivity contribution in [3.63, 3.8) is 0 Å². The fourth-order valence-corrected chi connectivity index (χ4v) is 0.805. The first-order valence-electron chi connectivity index (χ1n) is 4.63. The summed E-state index contributed by atoms with van der Waals surface area (Å²) in [4.78, 5) is 15.6. The maximum Gasteiger partial charge on any atom is 0.337 e. The van der Waals surface area contributed by atoms with E-state index in [4.69, 9.17) is 5.11 Å². The van der Waals surface area contributed by atoms with Crippen LogP contribution in [0.1, 0.15) is 19.4 Å². The van der Waals surface area contributed by atoms with Gasteiger partial charge in [-0.15, -0.1) is 0 Å². The van der Waals surface area contributed by atoms with Gasteiger partial charge in [-0.25, -0.2) is 4.79 Å². The number of hydrogen-bond donors (Lipinski definition) is 1. The molecule has 0 atom stereocenters. The summed E-state index contributed by atoms with van der Waals surface area (Å²) in [5.74, 6) is -0.377. The lowest BCUT2D eigenvalue weighted by molar-refractivity contribution is -0.147. The smallest absolute Gasteiger partial charge is 0.337 e. The molecule has 0 saturated carbocycles. The molecule has 1 N–H and O–H groups in total. The third kappa shape index (κ3) is 3.81. The van der Waals surface area contributed by atoms with Gasteiger partial charge in [0.2, 0.25) is 0 Å². The quantitative estimate of drug-likeness (QED) is 0.468. The largest absolute Gasteiger partial charge is 0.508 e. The van der Waals surface area contributed by atoms with Gasteiger partial charge in [0.15, 0.2) is 0 Å². The standard InChI is InChI=1S/C11H13NO3/c1-8(2)11(14)15-12-7-9-3-5-10(13)6-4-9/h3-8,13H,1-2H3/b12-7+. The van der Waals surface area contributed by atoms with Gasteiger partial charge in [-0.05, 0) is 29.8 Å². The molecule has 0 aliphatic rings. The second-order valence-corrected chi connectivity index (χ2v) is 3.39. The van der Waals surface area contributed by atoms with Crippen LogP contribution < -0.4 is 0 Å². The first-order valence-corrected chi connectivity index (χ1v) is 4.63. The number of aromatic hydroxyl groups is 1. The van der Waals surface area contributed by atoms with Crippen molar-refractivity contribution in [1.29, 1.82) is 0 Å². The van der Waals surface area contributed by atoms with Crippen LogP contribution in [0.3, 0.4) is 0 Å². The summed E-state index contributed by atoms with van der Waals surface area (Å²) >= 11 is 0. The number of phenols is 1. The molecular weight excluding hydrogens is 194 g/mol. The SMILES string of the molecule is CC(C)C(=O)O/N=C/c1ccc(O)cc1. The van der Waals surface area contributed by atoms with Gasteiger partial charge in [-0.1, -0.05) is 19.0 Å². The molecule has 0 bridgehead atoms. The number of carbonyl (C=O) groups excluding carboxylic acids is 1. The van der Waals surface area contributed by atoms with Gasteiger partial charge in [0.05, 0.1) is 12.1 Å². The van der Waals surface area contributed by atoms with Gasteiger partial charge in [0, 0.05) is 0 Å². The van der Waals surface area contributed by atoms with Crippen LogP contribution in [-0.4, -0.2) is 17.3 Å². The highest BCUT2D eigenvalue weighted by Crippen LogP contribution is 2.07. The molecule has 0 unspecified atom stereocenters. The molecule has 1 aromatic rings. The Morgan fingerprint density at radius 3 is 2.53 bits per heavy atom. The number of benzene rings is 1. The molecule has 0 heterocycles. The van der Waals surface area contributed by atoms with E-state index in [1.807, 2.05) is 0 Å². The molecule has 0 amide bonds. The van der Waals surface area contributed by atoms with Crippen LogP contribution >= 0.6 is 0 Å². The Hall–Kier alpha value is -1.84. The van der Waals surface area contributed by atoms with Gasteiger partial charge in [0.25, 0.3) is 0 Å². The lowest BCUT2D eigenvalue weighted by Crippen LogP contribution is -2.07. The summed E-state index contributed by atoms with van der Waals surface area (Å²) in [6.45, 7) is 3.47. The lowest BCUT2D eigenvalue weighted by Gasteiger charge is -1.99. The minimum Gasteiger partial charge on any atom is -0.508 e. The van der Waals surface area contributed by atoms with Crippen LogP contribution in [0.2, 0.25) is 0 Å². The van der Waals surface area contributed by atoms with Crippen molar-refractivity contribution in [1.82, 2.24) is 0 Å². The van der Waals surface area contributed by atoms with E-state index >= 15 is 0 Å². The maximum absolute atomic E-state index is 11.0. The molecule has 0 spiro atoms. The van der Waals surface area contributed by atoms with Crippen LogP contribution in [0.5, 0.6) is 5.75 Å². The monoisotopic (exact) mass is 207 g/mol. The Morgan fingerprint density at radius 1 is 1.40 bits per heavy atom. The van der Waals surface area contributed by atoms with E-state index in [-0.39, 0.29) is 17.6 Å². The van der Waals surface area contributed by atoms with Crippen molar-refractivity contribution >= 4 is 12.2 Å². The minimum absolute atomic E-state index is 0.186. The van der Waals surface area contributed by atoms with E-state index in [9.17, 15) is 4.79 Å². The van der Waals surface area contributed by atoms with Gasteiger partial charge < -0.3 is 9.94 Å². The van der Waals surface area contributed by atoms with Crippen molar-refractivity contribution < 1.29 is 14.7 Å².